The lowest BCUT2D eigenvalue weighted by Gasteiger charge is -2.46. The van der Waals surface area contributed by atoms with Crippen LogP contribution in [-0.4, -0.2) is 132 Å². The molecule has 0 spiro atoms. The molecule has 0 aliphatic heterocycles. The molecule has 3 N–H and O–H groups in total. The van der Waals surface area contributed by atoms with E-state index in [4.69, 9.17) is 5.11 Å². The highest BCUT2D eigenvalue weighted by Crippen LogP contribution is 2.68. The highest BCUT2D eigenvalue weighted by atomic mass is 19.4. The van der Waals surface area contributed by atoms with Crippen molar-refractivity contribution >= 4 is 5.97 Å². The summed E-state index contributed by atoms with van der Waals surface area (Å²) in [5.74, 6) is -72.4. The number of aliphatic hydroxyl groups is 1. The van der Waals surface area contributed by atoms with Crippen molar-refractivity contribution in [3.8, 4) is 0 Å². The van der Waals surface area contributed by atoms with Gasteiger partial charge in [-0.2, -0.15) is 96.6 Å². The lowest BCUT2D eigenvalue weighted by atomic mass is 9.82. The molecule has 1 unspecified atom stereocenters. The van der Waals surface area contributed by atoms with Crippen molar-refractivity contribution in [2.45, 2.75) is 90.8 Å². The largest absolute Gasteiger partial charge is 0.481 e. The van der Waals surface area contributed by atoms with E-state index >= 15 is 0 Å². The fourth-order valence-corrected chi connectivity index (χ4v) is 3.86. The summed E-state index contributed by atoms with van der Waals surface area (Å²) >= 11 is 0. The maximum absolute atomic E-state index is 14.1. The van der Waals surface area contributed by atoms with E-state index in [0.29, 0.717) is 0 Å². The van der Waals surface area contributed by atoms with Crippen LogP contribution in [0.1, 0.15) is 19.3 Å². The molecule has 0 bridgehead atoms. The van der Waals surface area contributed by atoms with Crippen LogP contribution in [0.2, 0.25) is 0 Å². The number of aliphatic hydroxyl groups excluding tert-OH is 1. The molecule has 0 saturated carbocycles. The number of hydrogen-bond donors (Lipinski definition) is 3. The number of carbonyl (C=O) groups is 1. The van der Waals surface area contributed by atoms with Gasteiger partial charge in [0, 0.05) is 25.9 Å². The summed E-state index contributed by atoms with van der Waals surface area (Å²) in [6.45, 7) is -1.60. The second-order valence-electron chi connectivity index (χ2n) is 11.3. The predicted molar refractivity (Wildman–Crippen MR) is 118 cm³/mol. The van der Waals surface area contributed by atoms with Gasteiger partial charge in [0.15, 0.2) is 0 Å². The molecule has 0 amide bonds. The van der Waals surface area contributed by atoms with Gasteiger partial charge in [0.25, 0.3) is 0 Å². The molecular weight excluding hydrogens is 777 g/mol. The Labute approximate surface area is 263 Å². The minimum Gasteiger partial charge on any atom is -0.481 e. The number of quaternary nitrogens is 1. The van der Waals surface area contributed by atoms with Crippen LogP contribution in [0.25, 0.3) is 0 Å². The monoisotopic (exact) mass is 801 g/mol. The number of aliphatic carboxylic acids is 1. The van der Waals surface area contributed by atoms with Gasteiger partial charge in [-0.1, -0.05) is 0 Å². The summed E-state index contributed by atoms with van der Waals surface area (Å²) in [5, 5.41) is 20.1. The first-order valence-electron chi connectivity index (χ1n) is 12.8. The number of carboxylic acid groups (broad SMARTS) is 1. The molecule has 0 fully saturated rings. The number of alkyl halides is 23. The van der Waals surface area contributed by atoms with E-state index in [9.17, 15) is 111 Å². The van der Waals surface area contributed by atoms with Crippen molar-refractivity contribution in [1.29, 1.82) is 0 Å². The molecule has 0 heterocycles. The summed E-state index contributed by atoms with van der Waals surface area (Å²) in [6.07, 6.45) is -23.7. The van der Waals surface area contributed by atoms with Crippen molar-refractivity contribution < 1.29 is 120 Å². The second-order valence-corrected chi connectivity index (χ2v) is 11.3. The standard InChI is InChI=1S/C22H23F23N2O3/c1-47(2,7-4-11(49)50)6-3-5-46-9-10(48)8-12(23,24)14(26,27)16(30,31)18(34,35)20(38,39)19(36,37)17(32,33)15(28,29)13(25,21(40,41)42)22(43,44)45/h10,46,48H,3-9H2,1-2H3/p+1. The Morgan fingerprint density at radius 2 is 0.920 bits per heavy atom. The minimum atomic E-state index is -9.53. The minimum absolute atomic E-state index is 0.00329. The maximum atomic E-state index is 14.1. The van der Waals surface area contributed by atoms with E-state index in [1.165, 1.54) is 14.1 Å². The zero-order valence-corrected chi connectivity index (χ0v) is 24.5. The predicted octanol–water partition coefficient (Wildman–Crippen LogP) is 7.18. The van der Waals surface area contributed by atoms with Gasteiger partial charge in [0.2, 0.25) is 0 Å². The van der Waals surface area contributed by atoms with Crippen LogP contribution >= 0.6 is 0 Å². The highest BCUT2D eigenvalue weighted by Gasteiger charge is 3.00. The van der Waals surface area contributed by atoms with Crippen LogP contribution in [0.3, 0.4) is 0 Å². The number of hydrogen-bond acceptors (Lipinski definition) is 3. The number of rotatable bonds is 19. The van der Waals surface area contributed by atoms with Crippen LogP contribution in [0, 0.1) is 0 Å². The molecular formula is C22H24F23N2O3+. The SMILES string of the molecule is C[N+](C)(CCCNCC(O)CC(F)(F)C(F)(F)C(F)(F)C(F)(F)C(F)(F)C(F)(F)C(F)(F)C(F)(F)C(F)(C(F)(F)F)C(F)(F)F)CCC(=O)O. The number of nitrogens with zero attached hydrogens (tertiary/aromatic N) is 1. The molecule has 50 heavy (non-hydrogen) atoms. The third kappa shape index (κ3) is 7.89. The van der Waals surface area contributed by atoms with Gasteiger partial charge < -0.3 is 20.0 Å². The van der Waals surface area contributed by atoms with Gasteiger partial charge in [-0.3, -0.25) is 4.79 Å². The van der Waals surface area contributed by atoms with E-state index in [1.807, 2.05) is 5.32 Å². The number of halogens is 23. The van der Waals surface area contributed by atoms with Crippen LogP contribution in [0.15, 0.2) is 0 Å². The van der Waals surface area contributed by atoms with Crippen LogP contribution in [-0.2, 0) is 4.79 Å². The van der Waals surface area contributed by atoms with Crippen molar-refractivity contribution in [3.63, 3.8) is 0 Å². The van der Waals surface area contributed by atoms with Crippen molar-refractivity contribution in [2.24, 2.45) is 0 Å². The maximum Gasteiger partial charge on any atom is 0.438 e. The van der Waals surface area contributed by atoms with Gasteiger partial charge in [0.1, 0.15) is 0 Å². The van der Waals surface area contributed by atoms with Gasteiger partial charge in [0.05, 0.1) is 39.7 Å². The Morgan fingerprint density at radius 1 is 0.580 bits per heavy atom. The molecule has 300 valence electrons. The van der Waals surface area contributed by atoms with Crippen LogP contribution in [0.4, 0.5) is 101 Å². The third-order valence-corrected chi connectivity index (χ3v) is 6.96. The van der Waals surface area contributed by atoms with Gasteiger partial charge in [-0.25, -0.2) is 4.39 Å². The zero-order valence-electron chi connectivity index (χ0n) is 24.5. The molecule has 28 heteroatoms. The first-order chi connectivity index (χ1) is 21.5. The number of nitrogens with one attached hydrogen (secondary N) is 1. The fraction of sp³-hybridized carbons (Fsp3) is 0.955. The topological polar surface area (TPSA) is 69.6 Å². The molecule has 0 aromatic rings. The Bertz CT molecular complexity index is 1150. The molecule has 0 radical (unpaired) electrons. The van der Waals surface area contributed by atoms with Gasteiger partial charge in [-0.15, -0.1) is 0 Å². The van der Waals surface area contributed by atoms with E-state index in [2.05, 4.69) is 0 Å². The summed E-state index contributed by atoms with van der Waals surface area (Å²) < 4.78 is 311. The van der Waals surface area contributed by atoms with Crippen molar-refractivity contribution in [2.75, 3.05) is 40.3 Å². The Kier molecular flexibility index (Phi) is 13.3. The highest BCUT2D eigenvalue weighted by molar-refractivity contribution is 5.66. The summed E-state index contributed by atoms with van der Waals surface area (Å²) in [5.41, 5.74) is -9.06. The first kappa shape index (κ1) is 47.7. The van der Waals surface area contributed by atoms with E-state index in [0.717, 1.165) is 0 Å². The Balaban J connectivity index is 6.42. The Hall–Kier alpha value is -2.26. The van der Waals surface area contributed by atoms with E-state index in [-0.39, 0.29) is 37.0 Å². The second kappa shape index (κ2) is 13.9. The molecule has 1 atom stereocenters. The molecule has 0 aromatic carbocycles. The lowest BCUT2D eigenvalue weighted by molar-refractivity contribution is -0.889. The summed E-state index contributed by atoms with van der Waals surface area (Å²) in [6, 6.07) is 0. The molecule has 0 saturated heterocycles. The summed E-state index contributed by atoms with van der Waals surface area (Å²) in [4.78, 5) is 10.6. The summed E-state index contributed by atoms with van der Waals surface area (Å²) in [7, 11) is 2.98. The zero-order chi connectivity index (χ0) is 40.8. The average molecular weight is 801 g/mol. The Morgan fingerprint density at radius 3 is 1.26 bits per heavy atom. The molecule has 0 aliphatic rings. The van der Waals surface area contributed by atoms with Crippen LogP contribution in [0.5, 0.6) is 0 Å². The molecule has 0 aliphatic carbocycles. The molecule has 0 rings (SSSR count). The quantitative estimate of drug-likeness (QED) is 0.0736. The van der Waals surface area contributed by atoms with Crippen LogP contribution < -0.4 is 5.32 Å². The molecule has 5 nitrogen and oxygen atoms in total. The molecule has 0 aromatic heterocycles. The average Bonchev–Trinajstić information content (AvgIpc) is 2.88. The normalized spacial score (nSPS) is 16.5. The van der Waals surface area contributed by atoms with Gasteiger partial charge >= 0.3 is 71.4 Å². The van der Waals surface area contributed by atoms with Crippen molar-refractivity contribution in [1.82, 2.24) is 5.32 Å². The fourth-order valence-electron chi connectivity index (χ4n) is 3.86. The van der Waals surface area contributed by atoms with E-state index < -0.39 is 90.4 Å². The smallest absolute Gasteiger partial charge is 0.438 e. The number of carboxylic acids is 1. The van der Waals surface area contributed by atoms with Crippen molar-refractivity contribution in [3.05, 3.63) is 0 Å². The van der Waals surface area contributed by atoms with Gasteiger partial charge in [-0.05, 0) is 0 Å². The van der Waals surface area contributed by atoms with E-state index in [1.54, 1.807) is 0 Å². The lowest BCUT2D eigenvalue weighted by Crippen LogP contribution is -2.79. The third-order valence-electron chi connectivity index (χ3n) is 6.96. The first-order valence-corrected chi connectivity index (χ1v) is 12.8.